The minimum atomic E-state index is -0.307. The van der Waals surface area contributed by atoms with Gasteiger partial charge in [-0.3, -0.25) is 0 Å². The largest absolute Gasteiger partial charge is 0.465 e. The van der Waals surface area contributed by atoms with Crippen LogP contribution in [0.25, 0.3) is 0 Å². The van der Waals surface area contributed by atoms with Gasteiger partial charge in [-0.05, 0) is 56.0 Å². The highest BCUT2D eigenvalue weighted by atomic mass is 16.5. The van der Waals surface area contributed by atoms with Gasteiger partial charge in [-0.15, -0.1) is 0 Å². The number of hydrogen-bond acceptors (Lipinski definition) is 5. The zero-order chi connectivity index (χ0) is 19.4. The van der Waals surface area contributed by atoms with Gasteiger partial charge in [0.25, 0.3) is 0 Å². The molecule has 2 aromatic rings. The van der Waals surface area contributed by atoms with Gasteiger partial charge in [-0.2, -0.15) is 5.26 Å². The van der Waals surface area contributed by atoms with E-state index >= 15 is 0 Å². The Kier molecular flexibility index (Phi) is 5.66. The van der Waals surface area contributed by atoms with Crippen LogP contribution < -0.4 is 10.2 Å². The quantitative estimate of drug-likeness (QED) is 0.831. The molecule has 5 heteroatoms. The summed E-state index contributed by atoms with van der Waals surface area (Å²) >= 11 is 0. The number of benzene rings is 2. The zero-order valence-corrected chi connectivity index (χ0v) is 16.1. The van der Waals surface area contributed by atoms with Crippen molar-refractivity contribution in [1.82, 2.24) is 0 Å². The fourth-order valence-corrected chi connectivity index (χ4v) is 3.67. The second kappa shape index (κ2) is 8.13. The summed E-state index contributed by atoms with van der Waals surface area (Å²) in [6.07, 6.45) is 1.95. The lowest BCUT2D eigenvalue weighted by atomic mass is 10.00. The predicted molar refractivity (Wildman–Crippen MR) is 107 cm³/mol. The normalized spacial score (nSPS) is 14.5. The Morgan fingerprint density at radius 2 is 1.89 bits per heavy atom. The number of rotatable bonds is 4. The van der Waals surface area contributed by atoms with E-state index in [1.54, 1.807) is 0 Å². The molecule has 5 nitrogen and oxygen atoms in total. The highest BCUT2D eigenvalue weighted by molar-refractivity contribution is 5.92. The predicted octanol–water partition coefficient (Wildman–Crippen LogP) is 4.04. The van der Waals surface area contributed by atoms with Gasteiger partial charge in [-0.25, -0.2) is 4.79 Å². The monoisotopic (exact) mass is 363 g/mol. The Morgan fingerprint density at radius 3 is 2.56 bits per heavy atom. The van der Waals surface area contributed by atoms with Crippen LogP contribution in [0.1, 0.15) is 39.9 Å². The number of carbonyl (C=O) groups excluding carboxylic acids is 1. The summed E-state index contributed by atoms with van der Waals surface area (Å²) in [6.45, 7) is 5.76. The number of nitrogens with zero attached hydrogens (tertiary/aromatic N) is 2. The van der Waals surface area contributed by atoms with E-state index in [0.717, 1.165) is 54.0 Å². The average molecular weight is 363 g/mol. The Bertz CT molecular complexity index is 878. The van der Waals surface area contributed by atoms with E-state index < -0.39 is 0 Å². The number of aryl methyl sites for hydroxylation is 2. The maximum Gasteiger partial charge on any atom is 0.338 e. The van der Waals surface area contributed by atoms with Gasteiger partial charge < -0.3 is 15.0 Å². The second-order valence-corrected chi connectivity index (χ2v) is 7.01. The first-order valence-electron chi connectivity index (χ1n) is 9.23. The fourth-order valence-electron chi connectivity index (χ4n) is 3.67. The third kappa shape index (κ3) is 4.06. The minimum Gasteiger partial charge on any atom is -0.465 e. The van der Waals surface area contributed by atoms with Gasteiger partial charge in [-0.1, -0.05) is 18.2 Å². The van der Waals surface area contributed by atoms with E-state index in [2.05, 4.69) is 23.2 Å². The minimum absolute atomic E-state index is 0.307. The molecule has 1 fully saturated rings. The molecular formula is C22H25N3O2. The third-order valence-electron chi connectivity index (χ3n) is 5.20. The van der Waals surface area contributed by atoms with Crippen LogP contribution in [-0.4, -0.2) is 32.2 Å². The Labute approximate surface area is 160 Å². The molecule has 140 valence electrons. The van der Waals surface area contributed by atoms with Crippen molar-refractivity contribution in [3.05, 3.63) is 58.7 Å². The Hall–Kier alpha value is -3.00. The number of piperidine rings is 1. The summed E-state index contributed by atoms with van der Waals surface area (Å²) in [4.78, 5) is 14.2. The average Bonchev–Trinajstić information content (AvgIpc) is 2.70. The first-order valence-corrected chi connectivity index (χ1v) is 9.23. The summed E-state index contributed by atoms with van der Waals surface area (Å²) in [5, 5.41) is 12.9. The lowest BCUT2D eigenvalue weighted by molar-refractivity contribution is 0.0600. The summed E-state index contributed by atoms with van der Waals surface area (Å²) in [6, 6.07) is 14.3. The van der Waals surface area contributed by atoms with Crippen LogP contribution >= 0.6 is 0 Å². The maximum absolute atomic E-state index is 12.0. The molecule has 0 saturated carbocycles. The van der Waals surface area contributed by atoms with Crippen molar-refractivity contribution < 1.29 is 9.53 Å². The van der Waals surface area contributed by atoms with Crippen LogP contribution in [0.2, 0.25) is 0 Å². The first-order chi connectivity index (χ1) is 13.0. The van der Waals surface area contributed by atoms with Crippen LogP contribution in [0, 0.1) is 25.2 Å². The van der Waals surface area contributed by atoms with Gasteiger partial charge in [0.05, 0.1) is 23.9 Å². The number of ether oxygens (including phenoxy) is 1. The van der Waals surface area contributed by atoms with Crippen LogP contribution in [0.15, 0.2) is 36.4 Å². The van der Waals surface area contributed by atoms with Gasteiger partial charge in [0, 0.05) is 24.8 Å². The molecule has 2 aromatic carbocycles. The molecule has 0 amide bonds. The van der Waals surface area contributed by atoms with E-state index in [-0.39, 0.29) is 5.97 Å². The Balaban J connectivity index is 1.69. The lowest BCUT2D eigenvalue weighted by Crippen LogP contribution is -2.39. The smallest absolute Gasteiger partial charge is 0.338 e. The number of nitriles is 1. The van der Waals surface area contributed by atoms with Crippen molar-refractivity contribution in [3.8, 4) is 6.07 Å². The zero-order valence-electron chi connectivity index (χ0n) is 16.1. The summed E-state index contributed by atoms with van der Waals surface area (Å²) in [5.41, 5.74) is 5.37. The molecule has 1 aliphatic rings. The van der Waals surface area contributed by atoms with Crippen molar-refractivity contribution in [3.63, 3.8) is 0 Å². The summed E-state index contributed by atoms with van der Waals surface area (Å²) in [5.74, 6) is -0.307. The van der Waals surface area contributed by atoms with Crippen LogP contribution in [-0.2, 0) is 4.74 Å². The first kappa shape index (κ1) is 18.8. The summed E-state index contributed by atoms with van der Waals surface area (Å²) in [7, 11) is 1.41. The SMILES string of the molecule is COC(=O)c1cc(NC2CCN(c3ccccc3C#N)CC2)c(C)cc1C. The molecule has 1 heterocycles. The molecular weight excluding hydrogens is 338 g/mol. The van der Waals surface area contributed by atoms with Crippen LogP contribution in [0.5, 0.6) is 0 Å². The number of methoxy groups -OCH3 is 1. The molecule has 27 heavy (non-hydrogen) atoms. The van der Waals surface area contributed by atoms with Gasteiger partial charge >= 0.3 is 5.97 Å². The maximum atomic E-state index is 12.0. The number of anilines is 2. The van der Waals surface area contributed by atoms with Crippen molar-refractivity contribution >= 4 is 17.3 Å². The van der Waals surface area contributed by atoms with Crippen molar-refractivity contribution in [2.75, 3.05) is 30.4 Å². The third-order valence-corrected chi connectivity index (χ3v) is 5.20. The molecule has 1 aliphatic heterocycles. The molecule has 0 atom stereocenters. The van der Waals surface area contributed by atoms with Gasteiger partial charge in [0.1, 0.15) is 6.07 Å². The van der Waals surface area contributed by atoms with Crippen LogP contribution in [0.4, 0.5) is 11.4 Å². The number of carbonyl (C=O) groups is 1. The van der Waals surface area contributed by atoms with Gasteiger partial charge in [0.2, 0.25) is 0 Å². The highest BCUT2D eigenvalue weighted by Gasteiger charge is 2.22. The summed E-state index contributed by atoms with van der Waals surface area (Å²) < 4.78 is 4.89. The van der Waals surface area contributed by atoms with Gasteiger partial charge in [0.15, 0.2) is 0 Å². The Morgan fingerprint density at radius 1 is 1.19 bits per heavy atom. The second-order valence-electron chi connectivity index (χ2n) is 7.01. The highest BCUT2D eigenvalue weighted by Crippen LogP contribution is 2.27. The molecule has 0 aliphatic carbocycles. The van der Waals surface area contributed by atoms with Crippen LogP contribution in [0.3, 0.4) is 0 Å². The van der Waals surface area contributed by atoms with E-state index in [1.807, 2.05) is 43.3 Å². The van der Waals surface area contributed by atoms with Crippen molar-refractivity contribution in [1.29, 1.82) is 5.26 Å². The molecule has 0 radical (unpaired) electrons. The standard InChI is InChI=1S/C22H25N3O2/c1-15-12-16(2)20(13-19(15)22(26)27-3)24-18-8-10-25(11-9-18)21-7-5-4-6-17(21)14-23/h4-7,12-13,18,24H,8-11H2,1-3H3. The van der Waals surface area contributed by atoms with E-state index in [0.29, 0.717) is 11.6 Å². The lowest BCUT2D eigenvalue weighted by Gasteiger charge is -2.35. The molecule has 0 aromatic heterocycles. The van der Waals surface area contributed by atoms with E-state index in [9.17, 15) is 10.1 Å². The number of nitrogens with one attached hydrogen (secondary N) is 1. The molecule has 1 N–H and O–H groups in total. The van der Waals surface area contributed by atoms with Crippen molar-refractivity contribution in [2.45, 2.75) is 32.7 Å². The van der Waals surface area contributed by atoms with Crippen molar-refractivity contribution in [2.24, 2.45) is 0 Å². The molecule has 0 spiro atoms. The topological polar surface area (TPSA) is 65.4 Å². The molecule has 3 rings (SSSR count). The van der Waals surface area contributed by atoms with E-state index in [1.165, 1.54) is 7.11 Å². The molecule has 0 bridgehead atoms. The molecule has 1 saturated heterocycles. The van der Waals surface area contributed by atoms with E-state index in [4.69, 9.17) is 4.74 Å². The number of esters is 1. The number of para-hydroxylation sites is 1. The molecule has 0 unspecified atom stereocenters. The fraction of sp³-hybridized carbons (Fsp3) is 0.364. The number of hydrogen-bond donors (Lipinski definition) is 1.